The van der Waals surface area contributed by atoms with E-state index in [0.717, 1.165) is 40.5 Å². The number of nitrogens with one attached hydrogen (secondary N) is 1. The van der Waals surface area contributed by atoms with E-state index in [4.69, 9.17) is 9.90 Å². The van der Waals surface area contributed by atoms with Gasteiger partial charge in [-0.15, -0.1) is 0 Å². The predicted molar refractivity (Wildman–Crippen MR) is 137 cm³/mol. The first-order valence-electron chi connectivity index (χ1n) is 12.3. The molecule has 0 radical (unpaired) electrons. The van der Waals surface area contributed by atoms with E-state index in [1.54, 1.807) is 0 Å². The molecule has 0 amide bonds. The Kier molecular flexibility index (Phi) is 11.8. The highest BCUT2D eigenvalue weighted by molar-refractivity contribution is 5.70. The van der Waals surface area contributed by atoms with Gasteiger partial charge in [-0.25, -0.2) is 28.7 Å². The molecule has 2 aromatic heterocycles. The molecule has 1 aromatic carbocycles. The maximum absolute atomic E-state index is 12.9. The Hall–Kier alpha value is -3.49. The number of aryl methyl sites for hydroxylation is 1. The lowest BCUT2D eigenvalue weighted by molar-refractivity contribution is -0.122. The Labute approximate surface area is 211 Å². The number of carbonyl (C=O) groups is 1. The van der Waals surface area contributed by atoms with Crippen LogP contribution in [0.15, 0.2) is 42.9 Å². The molecule has 3 aromatic rings. The molecule has 36 heavy (non-hydrogen) atoms. The number of hydrogen-bond donors (Lipinski definition) is 2. The predicted octanol–water partition coefficient (Wildman–Crippen LogP) is 7.02. The van der Waals surface area contributed by atoms with Crippen LogP contribution in [0, 0.1) is 18.8 Å². The summed E-state index contributed by atoms with van der Waals surface area (Å²) in [7, 11) is 0. The average molecular weight is 500 g/mol. The Bertz CT molecular complexity index is 1080. The summed E-state index contributed by atoms with van der Waals surface area (Å²) in [5.74, 6) is 2.50. The van der Waals surface area contributed by atoms with Gasteiger partial charge in [-0.1, -0.05) is 39.7 Å². The summed E-state index contributed by atoms with van der Waals surface area (Å²) in [6.45, 7) is 8.05. The maximum atomic E-state index is 12.9. The van der Waals surface area contributed by atoms with Crippen molar-refractivity contribution in [2.24, 2.45) is 11.8 Å². The molecule has 1 fully saturated rings. The van der Waals surface area contributed by atoms with Gasteiger partial charge >= 0.3 is 0 Å². The molecule has 1 aliphatic rings. The van der Waals surface area contributed by atoms with Gasteiger partial charge in [-0.2, -0.15) is 0 Å². The number of alkyl halides is 2. The second-order valence-corrected chi connectivity index (χ2v) is 8.65. The standard InChI is InChI=1S/C24H27F2N5.C2H6.CH2O2/c1-15-4-3-5-17(8-15)11-22-28-13-19(14-29-22)18-9-16(2)10-20(12-18)30-24-27-7-6-21(31-24)23(25)26;1-2;2-1-3/h6-7,9-10,12-15,17,23H,3-5,8,11H2,1-2H3,(H,27,30,31);1-2H3;1H,(H,2,3)/t15-,17?;;/m1../s1. The van der Waals surface area contributed by atoms with Crippen LogP contribution in [0.5, 0.6) is 0 Å². The molecule has 1 unspecified atom stereocenters. The molecular weight excluding hydrogens is 464 g/mol. The van der Waals surface area contributed by atoms with Crippen LogP contribution in [0.1, 0.15) is 70.0 Å². The smallest absolute Gasteiger partial charge is 0.290 e. The molecule has 0 saturated heterocycles. The summed E-state index contributed by atoms with van der Waals surface area (Å²) in [6.07, 6.45) is 8.50. The highest BCUT2D eigenvalue weighted by Crippen LogP contribution is 2.31. The van der Waals surface area contributed by atoms with Crippen LogP contribution in [0.3, 0.4) is 0 Å². The van der Waals surface area contributed by atoms with Crippen molar-refractivity contribution < 1.29 is 18.7 Å². The average Bonchev–Trinajstić information content (AvgIpc) is 2.86. The third kappa shape index (κ3) is 8.94. The Balaban J connectivity index is 0.000000850. The Morgan fingerprint density at radius 2 is 1.81 bits per heavy atom. The van der Waals surface area contributed by atoms with Crippen LogP contribution in [0.2, 0.25) is 0 Å². The first kappa shape index (κ1) is 28.7. The van der Waals surface area contributed by atoms with E-state index in [1.807, 2.05) is 51.4 Å². The van der Waals surface area contributed by atoms with Gasteiger partial charge in [0, 0.05) is 36.3 Å². The number of benzene rings is 1. The molecule has 7 nitrogen and oxygen atoms in total. The van der Waals surface area contributed by atoms with Crippen molar-refractivity contribution in [2.45, 2.75) is 66.2 Å². The fraction of sp³-hybridized carbons (Fsp3) is 0.444. The van der Waals surface area contributed by atoms with Crippen LogP contribution in [0.4, 0.5) is 20.4 Å². The third-order valence-electron chi connectivity index (χ3n) is 5.79. The van der Waals surface area contributed by atoms with Crippen LogP contribution in [-0.4, -0.2) is 31.5 Å². The van der Waals surface area contributed by atoms with Gasteiger partial charge in [0.1, 0.15) is 11.5 Å². The normalized spacial score (nSPS) is 16.8. The molecule has 4 rings (SSSR count). The van der Waals surface area contributed by atoms with Crippen LogP contribution in [-0.2, 0) is 11.2 Å². The van der Waals surface area contributed by atoms with Crippen molar-refractivity contribution in [1.82, 2.24) is 19.9 Å². The fourth-order valence-electron chi connectivity index (χ4n) is 4.32. The van der Waals surface area contributed by atoms with E-state index in [-0.39, 0.29) is 18.1 Å². The molecule has 0 spiro atoms. The van der Waals surface area contributed by atoms with Gasteiger partial charge in [-0.05, 0) is 60.9 Å². The van der Waals surface area contributed by atoms with Gasteiger partial charge in [0.25, 0.3) is 12.9 Å². The quantitative estimate of drug-likeness (QED) is 0.351. The minimum absolute atomic E-state index is 0.141. The van der Waals surface area contributed by atoms with Gasteiger partial charge in [0.2, 0.25) is 5.95 Å². The van der Waals surface area contributed by atoms with E-state index in [1.165, 1.54) is 37.9 Å². The molecule has 2 atom stereocenters. The molecule has 0 bridgehead atoms. The van der Waals surface area contributed by atoms with Gasteiger partial charge < -0.3 is 10.4 Å². The lowest BCUT2D eigenvalue weighted by Crippen LogP contribution is -2.16. The van der Waals surface area contributed by atoms with Crippen molar-refractivity contribution in [1.29, 1.82) is 0 Å². The fourth-order valence-corrected chi connectivity index (χ4v) is 4.32. The minimum Gasteiger partial charge on any atom is -0.483 e. The van der Waals surface area contributed by atoms with E-state index in [9.17, 15) is 8.78 Å². The molecule has 1 saturated carbocycles. The summed E-state index contributed by atoms with van der Waals surface area (Å²) < 4.78 is 25.8. The summed E-state index contributed by atoms with van der Waals surface area (Å²) in [5.41, 5.74) is 3.30. The van der Waals surface area contributed by atoms with Crippen LogP contribution < -0.4 is 5.32 Å². The summed E-state index contributed by atoms with van der Waals surface area (Å²) in [6, 6.07) is 7.10. The van der Waals surface area contributed by atoms with Crippen molar-refractivity contribution in [2.75, 3.05) is 5.32 Å². The summed E-state index contributed by atoms with van der Waals surface area (Å²) in [4.78, 5) is 25.5. The number of carboxylic acid groups (broad SMARTS) is 1. The lowest BCUT2D eigenvalue weighted by atomic mass is 9.81. The zero-order valence-electron chi connectivity index (χ0n) is 21.3. The SMILES string of the molecule is CC.Cc1cc(Nc2nccc(C(F)F)n2)cc(-c2cnc(CC3CCC[C@@H](C)C3)nc2)c1.O=CO. The molecule has 1 aliphatic carbocycles. The number of nitrogens with zero attached hydrogens (tertiary/aromatic N) is 4. The number of rotatable bonds is 6. The number of hydrogen-bond acceptors (Lipinski definition) is 6. The van der Waals surface area contributed by atoms with Gasteiger partial charge in [0.15, 0.2) is 0 Å². The van der Waals surface area contributed by atoms with E-state index in [2.05, 4.69) is 32.2 Å². The topological polar surface area (TPSA) is 101 Å². The zero-order chi connectivity index (χ0) is 26.5. The largest absolute Gasteiger partial charge is 0.483 e. The molecule has 2 heterocycles. The van der Waals surface area contributed by atoms with Crippen molar-refractivity contribution in [3.05, 3.63) is 59.9 Å². The van der Waals surface area contributed by atoms with E-state index >= 15 is 0 Å². The van der Waals surface area contributed by atoms with Crippen molar-refractivity contribution in [3.8, 4) is 11.1 Å². The number of aromatic nitrogens is 4. The summed E-state index contributed by atoms with van der Waals surface area (Å²) in [5, 5.41) is 9.91. The third-order valence-corrected chi connectivity index (χ3v) is 5.79. The second-order valence-electron chi connectivity index (χ2n) is 8.65. The molecule has 194 valence electrons. The maximum Gasteiger partial charge on any atom is 0.290 e. The molecular formula is C27H35F2N5O2. The number of anilines is 2. The Morgan fingerprint density at radius 3 is 2.44 bits per heavy atom. The molecule has 2 N–H and O–H groups in total. The van der Waals surface area contributed by atoms with Crippen LogP contribution >= 0.6 is 0 Å². The zero-order valence-corrected chi connectivity index (χ0v) is 21.3. The lowest BCUT2D eigenvalue weighted by Gasteiger charge is -2.26. The molecule has 0 aliphatic heterocycles. The second kappa shape index (κ2) is 14.8. The van der Waals surface area contributed by atoms with E-state index in [0.29, 0.717) is 5.92 Å². The number of halogens is 2. The first-order chi connectivity index (χ1) is 17.4. The summed E-state index contributed by atoms with van der Waals surface area (Å²) >= 11 is 0. The minimum atomic E-state index is -2.64. The van der Waals surface area contributed by atoms with Gasteiger partial charge in [0.05, 0.1) is 0 Å². The van der Waals surface area contributed by atoms with Gasteiger partial charge in [-0.3, -0.25) is 4.79 Å². The van der Waals surface area contributed by atoms with Crippen molar-refractivity contribution >= 4 is 18.1 Å². The highest BCUT2D eigenvalue weighted by Gasteiger charge is 2.20. The van der Waals surface area contributed by atoms with Crippen LogP contribution in [0.25, 0.3) is 11.1 Å². The van der Waals surface area contributed by atoms with E-state index < -0.39 is 6.43 Å². The van der Waals surface area contributed by atoms with Crippen molar-refractivity contribution in [3.63, 3.8) is 0 Å². The highest BCUT2D eigenvalue weighted by atomic mass is 19.3. The monoisotopic (exact) mass is 499 g/mol. The Morgan fingerprint density at radius 1 is 1.11 bits per heavy atom. The first-order valence-corrected chi connectivity index (χ1v) is 12.3. The molecule has 9 heteroatoms.